The van der Waals surface area contributed by atoms with E-state index in [2.05, 4.69) is 0 Å². The van der Waals surface area contributed by atoms with Crippen molar-refractivity contribution in [3.8, 4) is 5.69 Å². The van der Waals surface area contributed by atoms with Crippen molar-refractivity contribution in [3.63, 3.8) is 0 Å². The summed E-state index contributed by atoms with van der Waals surface area (Å²) < 4.78 is 1.80. The molecule has 0 aliphatic heterocycles. The van der Waals surface area contributed by atoms with Crippen LogP contribution in [0.1, 0.15) is 53.1 Å². The number of hydrogen-bond acceptors (Lipinski definition) is 2. The summed E-state index contributed by atoms with van der Waals surface area (Å²) >= 11 is 0. The maximum absolute atomic E-state index is 11.9. The van der Waals surface area contributed by atoms with E-state index in [-0.39, 0.29) is 22.8 Å². The molecule has 2 aromatic rings. The number of ketones is 1. The second-order valence-electron chi connectivity index (χ2n) is 5.57. The highest BCUT2D eigenvalue weighted by Gasteiger charge is 2.26. The standard InChI is InChI=1S/C20H21NO3/c1-4-5-7-10-14(2)19-18(20(23)24)17(15(3)22)13-21(19)16-11-8-6-9-12-16/h4-14H,1-3H3,(H,23,24)/b5-4-,10-7-. The van der Waals surface area contributed by atoms with Crippen LogP contribution in [0.15, 0.2) is 60.8 Å². The van der Waals surface area contributed by atoms with Crippen LogP contribution in [0.25, 0.3) is 5.69 Å². The van der Waals surface area contributed by atoms with E-state index in [1.807, 2.05) is 68.5 Å². The number of para-hydroxylation sites is 1. The summed E-state index contributed by atoms with van der Waals surface area (Å²) in [6.07, 6.45) is 9.21. The first-order valence-corrected chi connectivity index (χ1v) is 7.81. The minimum atomic E-state index is -1.09. The molecule has 24 heavy (non-hydrogen) atoms. The van der Waals surface area contributed by atoms with Crippen molar-refractivity contribution in [2.75, 3.05) is 0 Å². The maximum Gasteiger partial charge on any atom is 0.338 e. The second-order valence-corrected chi connectivity index (χ2v) is 5.57. The highest BCUT2D eigenvalue weighted by atomic mass is 16.4. The van der Waals surface area contributed by atoms with Gasteiger partial charge in [0.2, 0.25) is 0 Å². The minimum Gasteiger partial charge on any atom is -0.478 e. The summed E-state index contributed by atoms with van der Waals surface area (Å²) in [6.45, 7) is 5.23. The third kappa shape index (κ3) is 3.54. The highest BCUT2D eigenvalue weighted by molar-refractivity contribution is 6.06. The van der Waals surface area contributed by atoms with Gasteiger partial charge in [-0.3, -0.25) is 4.79 Å². The van der Waals surface area contributed by atoms with Gasteiger partial charge >= 0.3 is 5.97 Å². The van der Waals surface area contributed by atoms with Crippen LogP contribution < -0.4 is 0 Å². The van der Waals surface area contributed by atoms with Crippen molar-refractivity contribution in [1.82, 2.24) is 4.57 Å². The first-order chi connectivity index (χ1) is 11.5. The fraction of sp³-hybridized carbons (Fsp3) is 0.200. The zero-order valence-corrected chi connectivity index (χ0v) is 14.1. The van der Waals surface area contributed by atoms with Crippen molar-refractivity contribution in [2.45, 2.75) is 26.7 Å². The van der Waals surface area contributed by atoms with Crippen LogP contribution in [0.4, 0.5) is 0 Å². The van der Waals surface area contributed by atoms with Gasteiger partial charge in [-0.15, -0.1) is 0 Å². The molecule has 0 aliphatic carbocycles. The van der Waals surface area contributed by atoms with Gasteiger partial charge in [0.25, 0.3) is 0 Å². The minimum absolute atomic E-state index is 0.0731. The van der Waals surface area contributed by atoms with Gasteiger partial charge < -0.3 is 9.67 Å². The Labute approximate surface area is 141 Å². The average Bonchev–Trinajstić information content (AvgIpc) is 2.97. The number of carboxylic acid groups (broad SMARTS) is 1. The smallest absolute Gasteiger partial charge is 0.338 e. The van der Waals surface area contributed by atoms with E-state index in [4.69, 9.17) is 0 Å². The van der Waals surface area contributed by atoms with Crippen molar-refractivity contribution in [2.24, 2.45) is 0 Å². The number of allylic oxidation sites excluding steroid dienone is 4. The Bertz CT molecular complexity index is 798. The monoisotopic (exact) mass is 323 g/mol. The molecule has 2 rings (SSSR count). The summed E-state index contributed by atoms with van der Waals surface area (Å²) in [7, 11) is 0. The van der Waals surface area contributed by atoms with E-state index in [0.717, 1.165) is 5.69 Å². The van der Waals surface area contributed by atoms with E-state index in [1.54, 1.807) is 10.8 Å². The number of benzene rings is 1. The maximum atomic E-state index is 11.9. The second kappa shape index (κ2) is 7.59. The molecule has 1 aromatic carbocycles. The molecule has 1 atom stereocenters. The molecule has 4 nitrogen and oxygen atoms in total. The van der Waals surface area contributed by atoms with E-state index < -0.39 is 5.97 Å². The Morgan fingerprint density at radius 1 is 1.17 bits per heavy atom. The van der Waals surface area contributed by atoms with Crippen LogP contribution in [0, 0.1) is 0 Å². The first kappa shape index (κ1) is 17.5. The van der Waals surface area contributed by atoms with Crippen LogP contribution >= 0.6 is 0 Å². The molecule has 124 valence electrons. The van der Waals surface area contributed by atoms with E-state index in [9.17, 15) is 14.7 Å². The lowest BCUT2D eigenvalue weighted by atomic mass is 9.99. The van der Waals surface area contributed by atoms with Gasteiger partial charge in [0.1, 0.15) is 0 Å². The molecule has 1 aromatic heterocycles. The molecule has 1 unspecified atom stereocenters. The average molecular weight is 323 g/mol. The molecule has 0 bridgehead atoms. The van der Waals surface area contributed by atoms with Gasteiger partial charge in [0.15, 0.2) is 5.78 Å². The van der Waals surface area contributed by atoms with Gasteiger partial charge in [-0.25, -0.2) is 4.79 Å². The van der Waals surface area contributed by atoms with Gasteiger partial charge in [-0.2, -0.15) is 0 Å². The van der Waals surface area contributed by atoms with Gasteiger partial charge in [0.05, 0.1) is 11.1 Å². The number of carbonyl (C=O) groups is 2. The lowest BCUT2D eigenvalue weighted by Gasteiger charge is -2.14. The van der Waals surface area contributed by atoms with Crippen LogP contribution in [0.5, 0.6) is 0 Å². The van der Waals surface area contributed by atoms with E-state index in [1.165, 1.54) is 6.92 Å². The molecular formula is C20H21NO3. The third-order valence-corrected chi connectivity index (χ3v) is 3.81. The molecule has 0 radical (unpaired) electrons. The number of nitrogens with zero attached hydrogens (tertiary/aromatic N) is 1. The van der Waals surface area contributed by atoms with Crippen LogP contribution in [0.2, 0.25) is 0 Å². The van der Waals surface area contributed by atoms with E-state index >= 15 is 0 Å². The molecule has 1 N–H and O–H groups in total. The summed E-state index contributed by atoms with van der Waals surface area (Å²) in [5.41, 5.74) is 1.73. The molecule has 0 aliphatic rings. The number of carbonyl (C=O) groups excluding carboxylic acids is 1. The Morgan fingerprint density at radius 3 is 2.38 bits per heavy atom. The molecule has 4 heteroatoms. The SMILES string of the molecule is C/C=C\C=C/C(C)c1c(C(=O)O)c(C(C)=O)cn1-c1ccccc1. The molecule has 0 amide bonds. The highest BCUT2D eigenvalue weighted by Crippen LogP contribution is 2.30. The largest absolute Gasteiger partial charge is 0.478 e. The fourth-order valence-corrected chi connectivity index (χ4v) is 2.70. The Balaban J connectivity index is 2.72. The molecule has 0 saturated carbocycles. The van der Waals surface area contributed by atoms with Gasteiger partial charge in [-0.05, 0) is 26.0 Å². The Kier molecular flexibility index (Phi) is 5.53. The van der Waals surface area contributed by atoms with Crippen molar-refractivity contribution >= 4 is 11.8 Å². The molecule has 0 spiro atoms. The first-order valence-electron chi connectivity index (χ1n) is 7.81. The quantitative estimate of drug-likeness (QED) is 0.623. The molecular weight excluding hydrogens is 302 g/mol. The Morgan fingerprint density at radius 2 is 1.83 bits per heavy atom. The van der Waals surface area contributed by atoms with Gasteiger partial charge in [0, 0.05) is 23.5 Å². The normalized spacial score (nSPS) is 12.8. The van der Waals surface area contributed by atoms with E-state index in [0.29, 0.717) is 5.69 Å². The lowest BCUT2D eigenvalue weighted by Crippen LogP contribution is -2.09. The predicted molar refractivity (Wildman–Crippen MR) is 95.1 cm³/mol. The number of rotatable bonds is 6. The van der Waals surface area contributed by atoms with Crippen molar-refractivity contribution in [1.29, 1.82) is 0 Å². The van der Waals surface area contributed by atoms with Crippen LogP contribution in [0.3, 0.4) is 0 Å². The number of aromatic nitrogens is 1. The number of carboxylic acids is 1. The summed E-state index contributed by atoms with van der Waals surface area (Å²) in [5.74, 6) is -1.51. The van der Waals surface area contributed by atoms with Crippen LogP contribution in [-0.2, 0) is 0 Å². The third-order valence-electron chi connectivity index (χ3n) is 3.81. The van der Waals surface area contributed by atoms with Crippen LogP contribution in [-0.4, -0.2) is 21.4 Å². The zero-order valence-electron chi connectivity index (χ0n) is 14.1. The lowest BCUT2D eigenvalue weighted by molar-refractivity contribution is 0.0691. The van der Waals surface area contributed by atoms with Crippen molar-refractivity contribution < 1.29 is 14.7 Å². The van der Waals surface area contributed by atoms with Crippen molar-refractivity contribution in [3.05, 3.63) is 77.7 Å². The summed E-state index contributed by atoms with van der Waals surface area (Å²) in [5, 5.41) is 9.67. The summed E-state index contributed by atoms with van der Waals surface area (Å²) in [4.78, 5) is 23.8. The topological polar surface area (TPSA) is 59.3 Å². The number of Topliss-reactive ketones (excluding diaryl/α,β-unsaturated/α-hetero) is 1. The summed E-state index contributed by atoms with van der Waals surface area (Å²) in [6, 6.07) is 9.44. The van der Waals surface area contributed by atoms with Gasteiger partial charge in [-0.1, -0.05) is 49.4 Å². The molecule has 0 fully saturated rings. The fourth-order valence-electron chi connectivity index (χ4n) is 2.70. The molecule has 1 heterocycles. The zero-order chi connectivity index (χ0) is 17.7. The number of aromatic carboxylic acids is 1. The predicted octanol–water partition coefficient (Wildman–Crippen LogP) is 4.61. The molecule has 0 saturated heterocycles. The number of hydrogen-bond donors (Lipinski definition) is 1. The Hall–Kier alpha value is -2.88.